The number of rotatable bonds is 8. The highest BCUT2D eigenvalue weighted by Gasteiger charge is 2.14. The molecule has 0 aliphatic heterocycles. The zero-order valence-electron chi connectivity index (χ0n) is 16.4. The molecule has 0 aliphatic carbocycles. The number of nitrogens with one attached hydrogen (secondary N) is 1. The zero-order chi connectivity index (χ0) is 21.5. The number of carbonyl (C=O) groups excluding carboxylic acids is 1. The molecule has 2 aromatic carbocycles. The molecule has 0 atom stereocenters. The largest absolute Gasteiger partial charge is 0.503 e. The third-order valence-electron chi connectivity index (χ3n) is 4.07. The summed E-state index contributed by atoms with van der Waals surface area (Å²) in [7, 11) is 1.46. The second kappa shape index (κ2) is 10.3. The van der Waals surface area contributed by atoms with Gasteiger partial charge in [-0.15, -0.1) is 10.2 Å². The van der Waals surface area contributed by atoms with Crippen LogP contribution in [0.5, 0.6) is 11.5 Å². The first-order valence-electron chi connectivity index (χ1n) is 9.03. The van der Waals surface area contributed by atoms with Gasteiger partial charge in [0.1, 0.15) is 0 Å². The van der Waals surface area contributed by atoms with Gasteiger partial charge in [-0.25, -0.2) is 5.43 Å². The molecule has 0 saturated carbocycles. The van der Waals surface area contributed by atoms with Crippen LogP contribution in [0.2, 0.25) is 0 Å². The number of hydrogen-bond donors (Lipinski definition) is 2. The Morgan fingerprint density at radius 2 is 2.10 bits per heavy atom. The number of carbonyl (C=O) groups is 1. The number of hydrazone groups is 1. The molecule has 1 heterocycles. The molecular weight excluding hydrogens is 470 g/mol. The second-order valence-electron chi connectivity index (χ2n) is 6.05. The number of hydrogen-bond acceptors (Lipinski definition) is 7. The highest BCUT2D eigenvalue weighted by molar-refractivity contribution is 9.10. The molecule has 3 aromatic rings. The van der Waals surface area contributed by atoms with Gasteiger partial charge in [0, 0.05) is 12.1 Å². The van der Waals surface area contributed by atoms with Gasteiger partial charge in [-0.1, -0.05) is 42.1 Å². The van der Waals surface area contributed by atoms with Crippen LogP contribution in [0, 0.1) is 0 Å². The summed E-state index contributed by atoms with van der Waals surface area (Å²) >= 11 is 4.54. The molecule has 3 rings (SSSR count). The molecule has 0 unspecified atom stereocenters. The van der Waals surface area contributed by atoms with E-state index in [1.807, 2.05) is 41.8 Å². The Hall–Kier alpha value is -2.85. The summed E-state index contributed by atoms with van der Waals surface area (Å²) in [5.41, 5.74) is 4.11. The molecule has 0 aliphatic rings. The van der Waals surface area contributed by atoms with E-state index >= 15 is 0 Å². The fourth-order valence-electron chi connectivity index (χ4n) is 2.65. The number of phenols is 1. The number of thioether (sulfide) groups is 1. The van der Waals surface area contributed by atoms with Gasteiger partial charge in [0.2, 0.25) is 0 Å². The van der Waals surface area contributed by atoms with E-state index in [2.05, 4.69) is 36.7 Å². The van der Waals surface area contributed by atoms with Crippen molar-refractivity contribution in [2.75, 3.05) is 12.9 Å². The van der Waals surface area contributed by atoms with E-state index in [1.54, 1.807) is 12.1 Å². The highest BCUT2D eigenvalue weighted by Crippen LogP contribution is 2.34. The topological polar surface area (TPSA) is 102 Å². The van der Waals surface area contributed by atoms with Crippen molar-refractivity contribution in [2.24, 2.45) is 5.10 Å². The summed E-state index contributed by atoms with van der Waals surface area (Å²) in [5.74, 6) is 0.956. The molecule has 0 fully saturated rings. The summed E-state index contributed by atoms with van der Waals surface area (Å²) in [5, 5.41) is 22.9. The lowest BCUT2D eigenvalue weighted by atomic mass is 10.2. The van der Waals surface area contributed by atoms with Crippen molar-refractivity contribution in [3.8, 4) is 22.9 Å². The summed E-state index contributed by atoms with van der Waals surface area (Å²) < 4.78 is 7.53. The molecule has 8 nitrogen and oxygen atoms in total. The first kappa shape index (κ1) is 21.8. The second-order valence-corrected chi connectivity index (χ2v) is 7.85. The van der Waals surface area contributed by atoms with E-state index in [1.165, 1.54) is 25.1 Å². The fraction of sp³-hybridized carbons (Fsp3) is 0.200. The van der Waals surface area contributed by atoms with Crippen LogP contribution in [0.3, 0.4) is 0 Å². The predicted molar refractivity (Wildman–Crippen MR) is 120 cm³/mol. The lowest BCUT2D eigenvalue weighted by Crippen LogP contribution is -2.20. The summed E-state index contributed by atoms with van der Waals surface area (Å²) in [4.78, 5) is 12.2. The fourth-order valence-corrected chi connectivity index (χ4v) is 3.90. The van der Waals surface area contributed by atoms with Crippen LogP contribution in [0.4, 0.5) is 0 Å². The molecule has 1 amide bonds. The van der Waals surface area contributed by atoms with Gasteiger partial charge in [-0.3, -0.25) is 4.79 Å². The third kappa shape index (κ3) is 5.19. The average Bonchev–Trinajstić information content (AvgIpc) is 3.18. The zero-order valence-corrected chi connectivity index (χ0v) is 18.8. The van der Waals surface area contributed by atoms with Gasteiger partial charge in [-0.2, -0.15) is 5.10 Å². The van der Waals surface area contributed by atoms with Crippen molar-refractivity contribution >= 4 is 39.8 Å². The Bertz CT molecular complexity index is 1060. The quantitative estimate of drug-likeness (QED) is 0.284. The van der Waals surface area contributed by atoms with Gasteiger partial charge < -0.3 is 14.4 Å². The summed E-state index contributed by atoms with van der Waals surface area (Å²) in [6.07, 6.45) is 1.47. The van der Waals surface area contributed by atoms with Crippen molar-refractivity contribution in [1.29, 1.82) is 0 Å². The molecule has 0 bridgehead atoms. The lowest BCUT2D eigenvalue weighted by molar-refractivity contribution is -0.118. The van der Waals surface area contributed by atoms with Crippen LogP contribution in [0.25, 0.3) is 11.4 Å². The predicted octanol–water partition coefficient (Wildman–Crippen LogP) is 3.68. The molecule has 30 heavy (non-hydrogen) atoms. The molecule has 0 spiro atoms. The summed E-state index contributed by atoms with van der Waals surface area (Å²) in [6.45, 7) is 2.70. The van der Waals surface area contributed by atoms with E-state index in [4.69, 9.17) is 4.74 Å². The Labute approximate surface area is 186 Å². The first-order valence-corrected chi connectivity index (χ1v) is 10.8. The first-order chi connectivity index (χ1) is 14.5. The smallest absolute Gasteiger partial charge is 0.250 e. The molecule has 0 saturated heterocycles. The van der Waals surface area contributed by atoms with Crippen molar-refractivity contribution in [3.05, 3.63) is 52.5 Å². The minimum absolute atomic E-state index is 0.00462. The molecule has 2 N–H and O–H groups in total. The van der Waals surface area contributed by atoms with Crippen LogP contribution in [-0.2, 0) is 11.3 Å². The van der Waals surface area contributed by atoms with E-state index in [0.29, 0.717) is 27.5 Å². The monoisotopic (exact) mass is 489 g/mol. The Balaban J connectivity index is 1.60. The minimum atomic E-state index is -0.270. The van der Waals surface area contributed by atoms with E-state index < -0.39 is 0 Å². The maximum absolute atomic E-state index is 12.2. The van der Waals surface area contributed by atoms with E-state index in [-0.39, 0.29) is 17.4 Å². The number of halogens is 1. The SMILES string of the molecule is CCn1c(SCC(=O)N/N=C/c2cc(Br)c(O)c(OC)c2)nnc1-c1ccccc1. The van der Waals surface area contributed by atoms with E-state index in [9.17, 15) is 9.90 Å². The van der Waals surface area contributed by atoms with Crippen molar-refractivity contribution in [2.45, 2.75) is 18.6 Å². The standard InChI is InChI=1S/C20H20BrN5O3S/c1-3-26-19(14-7-5-4-6-8-14)24-25-20(26)30-12-17(27)23-22-11-13-9-15(21)18(28)16(10-13)29-2/h4-11,28H,3,12H2,1-2H3,(H,23,27)/b22-11+. The number of nitrogens with zero attached hydrogens (tertiary/aromatic N) is 4. The number of aromatic hydroxyl groups is 1. The van der Waals surface area contributed by atoms with Crippen LogP contribution in [0.15, 0.2) is 57.2 Å². The van der Waals surface area contributed by atoms with Gasteiger partial charge in [0.25, 0.3) is 5.91 Å². The number of methoxy groups -OCH3 is 1. The van der Waals surface area contributed by atoms with Gasteiger partial charge in [-0.05, 0) is 40.5 Å². The van der Waals surface area contributed by atoms with Crippen molar-refractivity contribution < 1.29 is 14.6 Å². The van der Waals surface area contributed by atoms with E-state index in [0.717, 1.165) is 11.4 Å². The molecular formula is C20H20BrN5O3S. The number of benzene rings is 2. The van der Waals surface area contributed by atoms with Crippen LogP contribution >= 0.6 is 27.7 Å². The van der Waals surface area contributed by atoms with Gasteiger partial charge in [0.05, 0.1) is 23.5 Å². The maximum Gasteiger partial charge on any atom is 0.250 e. The van der Waals surface area contributed by atoms with Crippen LogP contribution in [-0.4, -0.2) is 44.9 Å². The third-order valence-corrected chi connectivity index (χ3v) is 5.64. The van der Waals surface area contributed by atoms with Crippen molar-refractivity contribution in [3.63, 3.8) is 0 Å². The number of aromatic nitrogens is 3. The molecule has 156 valence electrons. The molecule has 10 heteroatoms. The van der Waals surface area contributed by atoms with Crippen LogP contribution < -0.4 is 10.2 Å². The highest BCUT2D eigenvalue weighted by atomic mass is 79.9. The van der Waals surface area contributed by atoms with Gasteiger partial charge in [0.15, 0.2) is 22.5 Å². The normalized spacial score (nSPS) is 11.0. The minimum Gasteiger partial charge on any atom is -0.503 e. The number of phenolic OH excluding ortho intramolecular Hbond substituents is 1. The average molecular weight is 490 g/mol. The number of amides is 1. The maximum atomic E-state index is 12.2. The molecule has 0 radical (unpaired) electrons. The Morgan fingerprint density at radius 3 is 2.80 bits per heavy atom. The van der Waals surface area contributed by atoms with Gasteiger partial charge >= 0.3 is 0 Å². The molecule has 1 aromatic heterocycles. The summed E-state index contributed by atoms with van der Waals surface area (Å²) in [6, 6.07) is 13.1. The Morgan fingerprint density at radius 1 is 1.33 bits per heavy atom. The lowest BCUT2D eigenvalue weighted by Gasteiger charge is -2.07. The Kier molecular flexibility index (Phi) is 7.47. The van der Waals surface area contributed by atoms with Crippen LogP contribution in [0.1, 0.15) is 12.5 Å². The van der Waals surface area contributed by atoms with Crippen molar-refractivity contribution in [1.82, 2.24) is 20.2 Å². The number of ether oxygens (including phenoxy) is 1.